The fourth-order valence-corrected chi connectivity index (χ4v) is 3.13. The number of piperazine rings is 1. The zero-order valence-corrected chi connectivity index (χ0v) is 13.9. The Kier molecular flexibility index (Phi) is 4.39. The molecule has 1 heterocycles. The molecule has 0 radical (unpaired) electrons. The maximum atomic E-state index is 12.4. The zero-order chi connectivity index (χ0) is 15.0. The molecule has 0 aromatic heterocycles. The average Bonchev–Trinajstić information content (AvgIpc) is 2.38. The highest BCUT2D eigenvalue weighted by Gasteiger charge is 2.39. The van der Waals surface area contributed by atoms with Crippen molar-refractivity contribution >= 4 is 45.0 Å². The number of hydrogen-bond donors (Lipinski definition) is 1. The van der Waals surface area contributed by atoms with Gasteiger partial charge in [-0.15, -0.1) is 0 Å². The Bertz CT molecular complexity index is 577. The number of halogens is 2. The van der Waals surface area contributed by atoms with E-state index in [1.807, 2.05) is 19.9 Å². The first-order valence-corrected chi connectivity index (χ1v) is 7.63. The van der Waals surface area contributed by atoms with E-state index in [2.05, 4.69) is 21.2 Å². The van der Waals surface area contributed by atoms with Crippen LogP contribution in [0.4, 0.5) is 5.69 Å². The van der Waals surface area contributed by atoms with Crippen LogP contribution in [0.25, 0.3) is 0 Å². The van der Waals surface area contributed by atoms with Crippen molar-refractivity contribution in [3.8, 4) is 0 Å². The number of amides is 2. The van der Waals surface area contributed by atoms with Crippen LogP contribution >= 0.6 is 27.5 Å². The summed E-state index contributed by atoms with van der Waals surface area (Å²) in [6.07, 6.45) is 0.544. The maximum Gasteiger partial charge on any atom is 0.250 e. The predicted octanol–water partition coefficient (Wildman–Crippen LogP) is 3.04. The SMILES string of the molecule is CCC1C(=O)NC(C)C(=O)N1c1cc(Cl)c(C)cc1Br. The third-order valence-electron chi connectivity index (χ3n) is 3.46. The summed E-state index contributed by atoms with van der Waals surface area (Å²) in [5.41, 5.74) is 1.55. The van der Waals surface area contributed by atoms with E-state index >= 15 is 0 Å². The van der Waals surface area contributed by atoms with Crippen molar-refractivity contribution in [2.24, 2.45) is 0 Å². The highest BCUT2D eigenvalue weighted by molar-refractivity contribution is 9.10. The summed E-state index contributed by atoms with van der Waals surface area (Å²) < 4.78 is 0.758. The lowest BCUT2D eigenvalue weighted by atomic mass is 10.0. The molecule has 1 N–H and O–H groups in total. The van der Waals surface area contributed by atoms with E-state index in [1.165, 1.54) is 0 Å². The lowest BCUT2D eigenvalue weighted by molar-refractivity contribution is -0.133. The van der Waals surface area contributed by atoms with E-state index in [4.69, 9.17) is 11.6 Å². The zero-order valence-electron chi connectivity index (χ0n) is 11.5. The Hall–Kier alpha value is -1.07. The van der Waals surface area contributed by atoms with Gasteiger partial charge in [-0.1, -0.05) is 18.5 Å². The summed E-state index contributed by atoms with van der Waals surface area (Å²) in [6.45, 7) is 5.45. The second kappa shape index (κ2) is 5.74. The van der Waals surface area contributed by atoms with Gasteiger partial charge in [-0.05, 0) is 53.9 Å². The van der Waals surface area contributed by atoms with Gasteiger partial charge in [0.05, 0.1) is 5.69 Å². The van der Waals surface area contributed by atoms with Crippen LogP contribution in [0.2, 0.25) is 5.02 Å². The maximum absolute atomic E-state index is 12.4. The molecular formula is C14H16BrClN2O2. The Morgan fingerprint density at radius 2 is 2.05 bits per heavy atom. The molecule has 1 fully saturated rings. The summed E-state index contributed by atoms with van der Waals surface area (Å²) in [7, 11) is 0. The van der Waals surface area contributed by atoms with Gasteiger partial charge in [0, 0.05) is 9.50 Å². The van der Waals surface area contributed by atoms with Crippen molar-refractivity contribution in [3.63, 3.8) is 0 Å². The van der Waals surface area contributed by atoms with Crippen LogP contribution in [0.5, 0.6) is 0 Å². The Labute approximate surface area is 131 Å². The molecular weight excluding hydrogens is 344 g/mol. The van der Waals surface area contributed by atoms with Crippen LogP contribution in [0.15, 0.2) is 16.6 Å². The third kappa shape index (κ3) is 2.56. The lowest BCUT2D eigenvalue weighted by Gasteiger charge is -2.38. The van der Waals surface area contributed by atoms with Gasteiger partial charge in [0.2, 0.25) is 11.8 Å². The number of nitrogens with one attached hydrogen (secondary N) is 1. The van der Waals surface area contributed by atoms with Crippen LogP contribution < -0.4 is 10.2 Å². The number of benzene rings is 1. The summed E-state index contributed by atoms with van der Waals surface area (Å²) in [5, 5.41) is 3.27. The molecule has 1 saturated heterocycles. The molecule has 20 heavy (non-hydrogen) atoms. The minimum Gasteiger partial charge on any atom is -0.343 e. The van der Waals surface area contributed by atoms with E-state index < -0.39 is 12.1 Å². The molecule has 6 heteroatoms. The highest BCUT2D eigenvalue weighted by Crippen LogP contribution is 2.35. The Morgan fingerprint density at radius 3 is 2.65 bits per heavy atom. The fourth-order valence-electron chi connectivity index (χ4n) is 2.33. The van der Waals surface area contributed by atoms with Gasteiger partial charge in [0.1, 0.15) is 12.1 Å². The third-order valence-corrected chi connectivity index (χ3v) is 4.50. The molecule has 2 amide bonds. The number of nitrogens with zero attached hydrogens (tertiary/aromatic N) is 1. The minimum absolute atomic E-state index is 0.128. The van der Waals surface area contributed by atoms with Gasteiger partial charge < -0.3 is 5.32 Å². The molecule has 2 unspecified atom stereocenters. The second-order valence-electron chi connectivity index (χ2n) is 4.92. The molecule has 0 aliphatic carbocycles. The van der Waals surface area contributed by atoms with Crippen molar-refractivity contribution in [1.82, 2.24) is 5.32 Å². The first-order valence-electron chi connectivity index (χ1n) is 6.46. The molecule has 0 bridgehead atoms. The van der Waals surface area contributed by atoms with Crippen molar-refractivity contribution in [1.29, 1.82) is 0 Å². The second-order valence-corrected chi connectivity index (χ2v) is 6.18. The quantitative estimate of drug-likeness (QED) is 0.882. The first-order chi connectivity index (χ1) is 9.36. The summed E-state index contributed by atoms with van der Waals surface area (Å²) in [4.78, 5) is 26.1. The number of rotatable bonds is 2. The smallest absolute Gasteiger partial charge is 0.250 e. The van der Waals surface area contributed by atoms with E-state index in [0.717, 1.165) is 10.0 Å². The molecule has 2 atom stereocenters. The highest BCUT2D eigenvalue weighted by atomic mass is 79.9. The topological polar surface area (TPSA) is 49.4 Å². The van der Waals surface area contributed by atoms with Crippen molar-refractivity contribution < 1.29 is 9.59 Å². The number of hydrogen-bond acceptors (Lipinski definition) is 2. The van der Waals surface area contributed by atoms with E-state index in [9.17, 15) is 9.59 Å². The first kappa shape index (κ1) is 15.3. The van der Waals surface area contributed by atoms with E-state index in [0.29, 0.717) is 17.1 Å². The van der Waals surface area contributed by atoms with Crippen LogP contribution in [-0.2, 0) is 9.59 Å². The molecule has 0 spiro atoms. The summed E-state index contributed by atoms with van der Waals surface area (Å²) >= 11 is 9.61. The van der Waals surface area contributed by atoms with Gasteiger partial charge >= 0.3 is 0 Å². The largest absolute Gasteiger partial charge is 0.343 e. The number of anilines is 1. The van der Waals surface area contributed by atoms with Gasteiger partial charge in [-0.25, -0.2) is 0 Å². The monoisotopic (exact) mass is 358 g/mol. The molecule has 1 aliphatic heterocycles. The molecule has 1 aromatic carbocycles. The average molecular weight is 360 g/mol. The summed E-state index contributed by atoms with van der Waals surface area (Å²) in [6, 6.07) is 2.55. The van der Waals surface area contributed by atoms with Crippen molar-refractivity contribution in [3.05, 3.63) is 27.2 Å². The van der Waals surface area contributed by atoms with E-state index in [-0.39, 0.29) is 11.8 Å². The van der Waals surface area contributed by atoms with Gasteiger partial charge in [-0.3, -0.25) is 14.5 Å². The van der Waals surface area contributed by atoms with Crippen molar-refractivity contribution in [2.45, 2.75) is 39.3 Å². The van der Waals surface area contributed by atoms with Crippen LogP contribution in [0.1, 0.15) is 25.8 Å². The molecule has 108 valence electrons. The molecule has 0 saturated carbocycles. The van der Waals surface area contributed by atoms with E-state index in [1.54, 1.807) is 17.9 Å². The number of carbonyl (C=O) groups excluding carboxylic acids is 2. The Morgan fingerprint density at radius 1 is 1.40 bits per heavy atom. The van der Waals surface area contributed by atoms with Gasteiger partial charge in [0.25, 0.3) is 0 Å². The molecule has 1 aromatic rings. The summed E-state index contributed by atoms with van der Waals surface area (Å²) in [5.74, 6) is -0.264. The van der Waals surface area contributed by atoms with Crippen LogP contribution in [0.3, 0.4) is 0 Å². The fraction of sp³-hybridized carbons (Fsp3) is 0.429. The molecule has 2 rings (SSSR count). The molecule has 4 nitrogen and oxygen atoms in total. The van der Waals surface area contributed by atoms with Crippen LogP contribution in [-0.4, -0.2) is 23.9 Å². The lowest BCUT2D eigenvalue weighted by Crippen LogP contribution is -2.62. The minimum atomic E-state index is -0.530. The molecule has 1 aliphatic rings. The normalized spacial score (nSPS) is 22.9. The Balaban J connectivity index is 2.54. The van der Waals surface area contributed by atoms with Crippen LogP contribution in [0, 0.1) is 6.92 Å². The number of aryl methyl sites for hydroxylation is 1. The van der Waals surface area contributed by atoms with Gasteiger partial charge in [-0.2, -0.15) is 0 Å². The standard InChI is InChI=1S/C14H16BrClN2O2/c1-4-11-13(19)17-8(3)14(20)18(11)12-6-10(16)7(2)5-9(12)15/h5-6,8,11H,4H2,1-3H3,(H,17,19). The number of carbonyl (C=O) groups is 2. The predicted molar refractivity (Wildman–Crippen MR) is 83.1 cm³/mol. The van der Waals surface area contributed by atoms with Gasteiger partial charge in [0.15, 0.2) is 0 Å². The van der Waals surface area contributed by atoms with Crippen molar-refractivity contribution in [2.75, 3.05) is 4.90 Å².